The minimum atomic E-state index is 0.0120. The molecule has 1 amide bonds. The summed E-state index contributed by atoms with van der Waals surface area (Å²) in [6, 6.07) is 5.66. The summed E-state index contributed by atoms with van der Waals surface area (Å²) in [4.78, 5) is 15.2. The fourth-order valence-electron chi connectivity index (χ4n) is 2.38. The standard InChI is InChI=1S/C14H20N2OS/c1-10-3-4-12(18)7-13(10)14(17)15-8-11-5-6-16(2)9-11/h3-4,7,11,18H,5-6,8-9H2,1-2H3,(H,15,17). The molecule has 1 heterocycles. The normalized spacial score (nSPS) is 20.1. The van der Waals surface area contributed by atoms with Gasteiger partial charge in [-0.15, -0.1) is 12.6 Å². The molecule has 4 heteroatoms. The van der Waals surface area contributed by atoms with Crippen molar-refractivity contribution in [3.8, 4) is 0 Å². The van der Waals surface area contributed by atoms with Crippen molar-refractivity contribution in [2.45, 2.75) is 18.2 Å². The zero-order valence-electron chi connectivity index (χ0n) is 10.9. The third-order valence-electron chi connectivity index (χ3n) is 3.51. The summed E-state index contributed by atoms with van der Waals surface area (Å²) in [6.45, 7) is 4.92. The molecule has 1 N–H and O–H groups in total. The first-order chi connectivity index (χ1) is 8.56. The third-order valence-corrected chi connectivity index (χ3v) is 3.78. The van der Waals surface area contributed by atoms with Crippen LogP contribution in [0.25, 0.3) is 0 Å². The van der Waals surface area contributed by atoms with E-state index < -0.39 is 0 Å². The second-order valence-electron chi connectivity index (χ2n) is 5.13. The van der Waals surface area contributed by atoms with Crippen LogP contribution in [0.5, 0.6) is 0 Å². The van der Waals surface area contributed by atoms with E-state index in [-0.39, 0.29) is 5.91 Å². The molecule has 18 heavy (non-hydrogen) atoms. The second kappa shape index (κ2) is 5.76. The average molecular weight is 264 g/mol. The highest BCUT2D eigenvalue weighted by molar-refractivity contribution is 7.80. The highest BCUT2D eigenvalue weighted by atomic mass is 32.1. The van der Waals surface area contributed by atoms with Crippen LogP contribution in [0.3, 0.4) is 0 Å². The molecule has 1 aromatic carbocycles. The van der Waals surface area contributed by atoms with Gasteiger partial charge in [-0.3, -0.25) is 4.79 Å². The van der Waals surface area contributed by atoms with Crippen molar-refractivity contribution >= 4 is 18.5 Å². The van der Waals surface area contributed by atoms with Gasteiger partial charge in [-0.25, -0.2) is 0 Å². The number of amides is 1. The number of nitrogens with zero attached hydrogens (tertiary/aromatic N) is 1. The highest BCUT2D eigenvalue weighted by Gasteiger charge is 2.20. The Bertz CT molecular complexity index is 447. The molecule has 98 valence electrons. The van der Waals surface area contributed by atoms with E-state index >= 15 is 0 Å². The monoisotopic (exact) mass is 264 g/mol. The lowest BCUT2D eigenvalue weighted by Gasteiger charge is -2.13. The maximum absolute atomic E-state index is 12.1. The fourth-order valence-corrected chi connectivity index (χ4v) is 2.58. The summed E-state index contributed by atoms with van der Waals surface area (Å²) in [5.74, 6) is 0.594. The van der Waals surface area contributed by atoms with Crippen molar-refractivity contribution in [1.29, 1.82) is 0 Å². The van der Waals surface area contributed by atoms with Crippen LogP contribution < -0.4 is 5.32 Å². The van der Waals surface area contributed by atoms with Crippen LogP contribution in [-0.4, -0.2) is 37.5 Å². The van der Waals surface area contributed by atoms with Crippen LogP contribution in [0, 0.1) is 12.8 Å². The van der Waals surface area contributed by atoms with Crippen molar-refractivity contribution in [3.05, 3.63) is 29.3 Å². The molecular weight excluding hydrogens is 244 g/mol. The van der Waals surface area contributed by atoms with Crippen LogP contribution in [-0.2, 0) is 0 Å². The molecule has 1 atom stereocenters. The van der Waals surface area contributed by atoms with Crippen LogP contribution >= 0.6 is 12.6 Å². The van der Waals surface area contributed by atoms with Gasteiger partial charge in [0.15, 0.2) is 0 Å². The first-order valence-corrected chi connectivity index (χ1v) is 6.77. The SMILES string of the molecule is Cc1ccc(S)cc1C(=O)NCC1CCN(C)C1. The Labute approximate surface area is 114 Å². The molecule has 2 rings (SSSR count). The summed E-state index contributed by atoms with van der Waals surface area (Å²) in [7, 11) is 2.12. The molecule has 0 spiro atoms. The smallest absolute Gasteiger partial charge is 0.251 e. The van der Waals surface area contributed by atoms with Gasteiger partial charge in [0.2, 0.25) is 0 Å². The van der Waals surface area contributed by atoms with Crippen molar-refractivity contribution in [2.75, 3.05) is 26.7 Å². The molecule has 1 fully saturated rings. The zero-order valence-corrected chi connectivity index (χ0v) is 11.8. The van der Waals surface area contributed by atoms with Crippen LogP contribution in [0.2, 0.25) is 0 Å². The zero-order chi connectivity index (χ0) is 13.1. The van der Waals surface area contributed by atoms with Gasteiger partial charge in [0.1, 0.15) is 0 Å². The van der Waals surface area contributed by atoms with E-state index in [9.17, 15) is 4.79 Å². The first kappa shape index (κ1) is 13.4. The molecule has 1 aliphatic rings. The Balaban J connectivity index is 1.93. The first-order valence-electron chi connectivity index (χ1n) is 6.32. The number of aryl methyl sites for hydroxylation is 1. The molecule has 1 aliphatic heterocycles. The maximum atomic E-state index is 12.1. The molecular formula is C14H20N2OS. The topological polar surface area (TPSA) is 32.3 Å². The minimum Gasteiger partial charge on any atom is -0.352 e. The van der Waals surface area contributed by atoms with Crippen molar-refractivity contribution in [1.82, 2.24) is 10.2 Å². The predicted octanol–water partition coefficient (Wildman–Crippen LogP) is 1.97. The van der Waals surface area contributed by atoms with Crippen LogP contribution in [0.4, 0.5) is 0 Å². The molecule has 0 aliphatic carbocycles. The summed E-state index contributed by atoms with van der Waals surface area (Å²) in [5, 5.41) is 3.03. The number of likely N-dealkylation sites (tertiary alicyclic amines) is 1. The molecule has 1 aromatic rings. The molecule has 0 aromatic heterocycles. The van der Waals surface area contributed by atoms with Crippen LogP contribution in [0.1, 0.15) is 22.3 Å². The quantitative estimate of drug-likeness (QED) is 0.818. The van der Waals surface area contributed by atoms with E-state index in [0.717, 1.165) is 35.7 Å². The van der Waals surface area contributed by atoms with Gasteiger partial charge >= 0.3 is 0 Å². The highest BCUT2D eigenvalue weighted by Crippen LogP contribution is 2.15. The predicted molar refractivity (Wildman–Crippen MR) is 76.4 cm³/mol. The number of thiol groups is 1. The summed E-state index contributed by atoms with van der Waals surface area (Å²) in [6.07, 6.45) is 1.17. The Morgan fingerprint density at radius 3 is 3.00 bits per heavy atom. The lowest BCUT2D eigenvalue weighted by atomic mass is 10.1. The van der Waals surface area contributed by atoms with E-state index in [1.807, 2.05) is 25.1 Å². The van der Waals surface area contributed by atoms with E-state index in [4.69, 9.17) is 0 Å². The van der Waals surface area contributed by atoms with Gasteiger partial charge in [0, 0.05) is 23.5 Å². The number of benzene rings is 1. The Morgan fingerprint density at radius 2 is 2.33 bits per heavy atom. The van der Waals surface area contributed by atoms with Gasteiger partial charge in [-0.2, -0.15) is 0 Å². The van der Waals surface area contributed by atoms with Crippen molar-refractivity contribution in [3.63, 3.8) is 0 Å². The van der Waals surface area contributed by atoms with Crippen molar-refractivity contribution in [2.24, 2.45) is 5.92 Å². The maximum Gasteiger partial charge on any atom is 0.251 e. The van der Waals surface area contributed by atoms with E-state index in [1.54, 1.807) is 0 Å². The number of rotatable bonds is 3. The average Bonchev–Trinajstić information content (AvgIpc) is 2.75. The summed E-state index contributed by atoms with van der Waals surface area (Å²) in [5.41, 5.74) is 1.72. The molecule has 0 radical (unpaired) electrons. The third kappa shape index (κ3) is 3.27. The number of carbonyl (C=O) groups excluding carboxylic acids is 1. The van der Waals surface area contributed by atoms with Crippen LogP contribution in [0.15, 0.2) is 23.1 Å². The molecule has 1 unspecified atom stereocenters. The number of carbonyl (C=O) groups is 1. The second-order valence-corrected chi connectivity index (χ2v) is 5.64. The summed E-state index contributed by atoms with van der Waals surface area (Å²) >= 11 is 4.28. The number of hydrogen-bond acceptors (Lipinski definition) is 3. The summed E-state index contributed by atoms with van der Waals surface area (Å²) < 4.78 is 0. The van der Waals surface area contributed by atoms with Crippen molar-refractivity contribution < 1.29 is 4.79 Å². The van der Waals surface area contributed by atoms with Gasteiger partial charge in [-0.1, -0.05) is 6.07 Å². The lowest BCUT2D eigenvalue weighted by Crippen LogP contribution is -2.30. The molecule has 0 bridgehead atoms. The fraction of sp³-hybridized carbons (Fsp3) is 0.500. The minimum absolute atomic E-state index is 0.0120. The molecule has 0 saturated carbocycles. The van der Waals surface area contributed by atoms with Gasteiger partial charge in [0.05, 0.1) is 0 Å². The Kier molecular flexibility index (Phi) is 4.30. The van der Waals surface area contributed by atoms with Gasteiger partial charge in [0.25, 0.3) is 5.91 Å². The number of hydrogen-bond donors (Lipinski definition) is 2. The number of nitrogens with one attached hydrogen (secondary N) is 1. The van der Waals surface area contributed by atoms with E-state index in [0.29, 0.717) is 5.92 Å². The molecule has 1 saturated heterocycles. The lowest BCUT2D eigenvalue weighted by molar-refractivity contribution is 0.0946. The van der Waals surface area contributed by atoms with E-state index in [2.05, 4.69) is 29.9 Å². The Hall–Kier alpha value is -1.00. The van der Waals surface area contributed by atoms with Gasteiger partial charge < -0.3 is 10.2 Å². The Morgan fingerprint density at radius 1 is 1.56 bits per heavy atom. The largest absolute Gasteiger partial charge is 0.352 e. The van der Waals surface area contributed by atoms with E-state index in [1.165, 1.54) is 6.42 Å². The molecule has 3 nitrogen and oxygen atoms in total. The van der Waals surface area contributed by atoms with Gasteiger partial charge in [-0.05, 0) is 50.6 Å².